The van der Waals surface area contributed by atoms with Crippen LogP contribution < -0.4 is 10.6 Å². The summed E-state index contributed by atoms with van der Waals surface area (Å²) in [6.07, 6.45) is 0.608. The monoisotopic (exact) mass is 165 g/mol. The van der Waals surface area contributed by atoms with Gasteiger partial charge in [0.05, 0.1) is 0 Å². The van der Waals surface area contributed by atoms with E-state index >= 15 is 0 Å². The molecule has 0 aliphatic rings. The first kappa shape index (κ1) is 8.52. The molecule has 4 heteroatoms. The van der Waals surface area contributed by atoms with E-state index in [4.69, 9.17) is 0 Å². The maximum Gasteiger partial charge on any atom is 0.212 e. The SMILES string of the molecule is CNc1nc(NC=O)ccc1C. The maximum absolute atomic E-state index is 10.1. The summed E-state index contributed by atoms with van der Waals surface area (Å²) in [6, 6.07) is 3.65. The number of rotatable bonds is 3. The number of carbonyl (C=O) groups excluding carboxylic acids is 1. The third-order valence-electron chi connectivity index (χ3n) is 1.54. The smallest absolute Gasteiger partial charge is 0.212 e. The molecule has 0 fully saturated rings. The fraction of sp³-hybridized carbons (Fsp3) is 0.250. The second-order valence-electron chi connectivity index (χ2n) is 2.37. The lowest BCUT2D eigenvalue weighted by Gasteiger charge is -2.05. The van der Waals surface area contributed by atoms with Crippen molar-refractivity contribution >= 4 is 18.0 Å². The van der Waals surface area contributed by atoms with Crippen molar-refractivity contribution in [1.82, 2.24) is 4.98 Å². The number of anilines is 2. The summed E-state index contributed by atoms with van der Waals surface area (Å²) in [5.41, 5.74) is 1.05. The highest BCUT2D eigenvalue weighted by atomic mass is 16.1. The molecule has 64 valence electrons. The minimum atomic E-state index is 0.556. The van der Waals surface area contributed by atoms with Gasteiger partial charge in [-0.3, -0.25) is 4.79 Å². The molecule has 0 unspecified atom stereocenters. The average molecular weight is 165 g/mol. The van der Waals surface area contributed by atoms with Crippen molar-refractivity contribution in [3.05, 3.63) is 17.7 Å². The van der Waals surface area contributed by atoms with E-state index in [1.807, 2.05) is 13.0 Å². The Morgan fingerprint density at radius 2 is 2.25 bits per heavy atom. The number of aromatic nitrogens is 1. The van der Waals surface area contributed by atoms with E-state index < -0.39 is 0 Å². The highest BCUT2D eigenvalue weighted by Crippen LogP contribution is 2.13. The van der Waals surface area contributed by atoms with Crippen LogP contribution in [0.2, 0.25) is 0 Å². The molecule has 0 saturated heterocycles. The predicted molar refractivity (Wildman–Crippen MR) is 48.2 cm³/mol. The molecule has 1 aromatic rings. The number of aryl methyl sites for hydroxylation is 1. The first-order valence-corrected chi connectivity index (χ1v) is 3.63. The van der Waals surface area contributed by atoms with E-state index in [1.54, 1.807) is 13.1 Å². The Hall–Kier alpha value is -1.58. The van der Waals surface area contributed by atoms with Gasteiger partial charge in [0.25, 0.3) is 0 Å². The molecule has 2 N–H and O–H groups in total. The fourth-order valence-corrected chi connectivity index (χ4v) is 0.923. The molecule has 12 heavy (non-hydrogen) atoms. The topological polar surface area (TPSA) is 54.0 Å². The van der Waals surface area contributed by atoms with Crippen LogP contribution in [-0.4, -0.2) is 18.4 Å². The molecule has 4 nitrogen and oxygen atoms in total. The van der Waals surface area contributed by atoms with Crippen molar-refractivity contribution in [2.45, 2.75) is 6.92 Å². The van der Waals surface area contributed by atoms with Crippen LogP contribution in [0.4, 0.5) is 11.6 Å². The van der Waals surface area contributed by atoms with E-state index in [0.717, 1.165) is 11.4 Å². The van der Waals surface area contributed by atoms with Crippen LogP contribution in [0.1, 0.15) is 5.56 Å². The lowest BCUT2D eigenvalue weighted by molar-refractivity contribution is -0.105. The second kappa shape index (κ2) is 3.71. The lowest BCUT2D eigenvalue weighted by Crippen LogP contribution is -2.01. The highest BCUT2D eigenvalue weighted by molar-refractivity contribution is 5.69. The van der Waals surface area contributed by atoms with Crippen molar-refractivity contribution < 1.29 is 4.79 Å². The van der Waals surface area contributed by atoms with E-state index in [0.29, 0.717) is 12.2 Å². The molecule has 0 aromatic carbocycles. The van der Waals surface area contributed by atoms with Gasteiger partial charge >= 0.3 is 0 Å². The van der Waals surface area contributed by atoms with E-state index in [9.17, 15) is 4.79 Å². The van der Waals surface area contributed by atoms with Gasteiger partial charge < -0.3 is 10.6 Å². The Labute approximate surface area is 71.0 Å². The van der Waals surface area contributed by atoms with E-state index in [-0.39, 0.29) is 0 Å². The van der Waals surface area contributed by atoms with Crippen LogP contribution in [0.15, 0.2) is 12.1 Å². The summed E-state index contributed by atoms with van der Waals surface area (Å²) in [4.78, 5) is 14.2. The standard InChI is InChI=1S/C8H11N3O/c1-6-3-4-7(10-5-12)11-8(6)9-2/h3-5H,1-2H3,(H2,9,10,11,12). The molecule has 1 rings (SSSR count). The summed E-state index contributed by atoms with van der Waals surface area (Å²) >= 11 is 0. The van der Waals surface area contributed by atoms with Crippen molar-refractivity contribution in [1.29, 1.82) is 0 Å². The average Bonchev–Trinajstić information content (AvgIpc) is 2.09. The molecular formula is C8H11N3O. The zero-order valence-electron chi connectivity index (χ0n) is 7.09. The molecule has 0 aliphatic carbocycles. The van der Waals surface area contributed by atoms with Crippen LogP contribution in [0, 0.1) is 6.92 Å². The molecule has 1 amide bonds. The van der Waals surface area contributed by atoms with Crippen LogP contribution in [0.5, 0.6) is 0 Å². The van der Waals surface area contributed by atoms with Gasteiger partial charge in [-0.25, -0.2) is 4.98 Å². The molecule has 0 bridgehead atoms. The Morgan fingerprint density at radius 3 is 2.83 bits per heavy atom. The van der Waals surface area contributed by atoms with Gasteiger partial charge in [-0.05, 0) is 18.6 Å². The van der Waals surface area contributed by atoms with Crippen molar-refractivity contribution in [2.24, 2.45) is 0 Å². The highest BCUT2D eigenvalue weighted by Gasteiger charge is 1.98. The van der Waals surface area contributed by atoms with E-state index in [1.165, 1.54) is 0 Å². The Morgan fingerprint density at radius 1 is 1.50 bits per heavy atom. The van der Waals surface area contributed by atoms with Crippen LogP contribution in [0.3, 0.4) is 0 Å². The van der Waals surface area contributed by atoms with Gasteiger partial charge in [-0.2, -0.15) is 0 Å². The van der Waals surface area contributed by atoms with Crippen molar-refractivity contribution in [2.75, 3.05) is 17.7 Å². The minimum Gasteiger partial charge on any atom is -0.373 e. The number of carbonyl (C=O) groups is 1. The Balaban J connectivity index is 2.96. The lowest BCUT2D eigenvalue weighted by atomic mass is 10.3. The summed E-state index contributed by atoms with van der Waals surface area (Å²) in [5, 5.41) is 5.40. The zero-order valence-corrected chi connectivity index (χ0v) is 7.09. The van der Waals surface area contributed by atoms with Crippen molar-refractivity contribution in [3.8, 4) is 0 Å². The number of hydrogen-bond acceptors (Lipinski definition) is 3. The normalized spacial score (nSPS) is 9.17. The molecule has 0 radical (unpaired) electrons. The summed E-state index contributed by atoms with van der Waals surface area (Å²) in [7, 11) is 1.79. The van der Waals surface area contributed by atoms with Gasteiger partial charge in [0, 0.05) is 7.05 Å². The predicted octanol–water partition coefficient (Wildman–Crippen LogP) is 1.00. The summed E-state index contributed by atoms with van der Waals surface area (Å²) in [6.45, 7) is 1.95. The number of pyridine rings is 1. The first-order valence-electron chi connectivity index (χ1n) is 3.63. The molecule has 1 heterocycles. The van der Waals surface area contributed by atoms with Gasteiger partial charge in [-0.15, -0.1) is 0 Å². The molecular weight excluding hydrogens is 154 g/mol. The molecule has 0 spiro atoms. The largest absolute Gasteiger partial charge is 0.373 e. The summed E-state index contributed by atoms with van der Waals surface area (Å²) < 4.78 is 0. The molecule has 1 aromatic heterocycles. The van der Waals surface area contributed by atoms with Gasteiger partial charge in [0.2, 0.25) is 6.41 Å². The first-order chi connectivity index (χ1) is 5.77. The van der Waals surface area contributed by atoms with Crippen LogP contribution >= 0.6 is 0 Å². The van der Waals surface area contributed by atoms with E-state index in [2.05, 4.69) is 15.6 Å². The minimum absolute atomic E-state index is 0.556. The quantitative estimate of drug-likeness (QED) is 0.657. The number of nitrogens with zero attached hydrogens (tertiary/aromatic N) is 1. The molecule has 0 atom stereocenters. The Kier molecular flexibility index (Phi) is 2.63. The molecule has 0 aliphatic heterocycles. The zero-order chi connectivity index (χ0) is 8.97. The fourth-order valence-electron chi connectivity index (χ4n) is 0.923. The van der Waals surface area contributed by atoms with Crippen LogP contribution in [-0.2, 0) is 4.79 Å². The number of nitrogens with one attached hydrogen (secondary N) is 2. The van der Waals surface area contributed by atoms with Crippen LogP contribution in [0.25, 0.3) is 0 Å². The van der Waals surface area contributed by atoms with Gasteiger partial charge in [0.1, 0.15) is 11.6 Å². The van der Waals surface area contributed by atoms with Gasteiger partial charge in [0.15, 0.2) is 0 Å². The third kappa shape index (κ3) is 1.72. The summed E-state index contributed by atoms with van der Waals surface area (Å²) in [5.74, 6) is 1.34. The third-order valence-corrected chi connectivity index (χ3v) is 1.54. The molecule has 0 saturated carbocycles. The maximum atomic E-state index is 10.1. The number of hydrogen-bond donors (Lipinski definition) is 2. The second-order valence-corrected chi connectivity index (χ2v) is 2.37. The van der Waals surface area contributed by atoms with Crippen molar-refractivity contribution in [3.63, 3.8) is 0 Å². The Bertz CT molecular complexity index is 286. The van der Waals surface area contributed by atoms with Gasteiger partial charge in [-0.1, -0.05) is 6.07 Å². The number of amides is 1.